The molecule has 1 heterocycles. The van der Waals surface area contributed by atoms with Gasteiger partial charge < -0.3 is 5.11 Å². The highest BCUT2D eigenvalue weighted by atomic mass is 16.3. The Balaban J connectivity index is 1.80. The molecule has 2 unspecified atom stereocenters. The highest BCUT2D eigenvalue weighted by Gasteiger charge is 2.26. The van der Waals surface area contributed by atoms with Gasteiger partial charge in [-0.1, -0.05) is 32.1 Å². The van der Waals surface area contributed by atoms with Crippen molar-refractivity contribution in [3.8, 4) is 0 Å². The fourth-order valence-electron chi connectivity index (χ4n) is 3.51. The van der Waals surface area contributed by atoms with Gasteiger partial charge in [0.25, 0.3) is 0 Å². The first-order valence-corrected chi connectivity index (χ1v) is 7.69. The van der Waals surface area contributed by atoms with Gasteiger partial charge in [0.1, 0.15) is 0 Å². The maximum Gasteiger partial charge on any atom is 0.0695 e. The molecule has 0 bridgehead atoms. The molecule has 2 aliphatic rings. The third kappa shape index (κ3) is 3.96. The van der Waals surface area contributed by atoms with E-state index in [-0.39, 0.29) is 6.10 Å². The zero-order chi connectivity index (χ0) is 12.1. The quantitative estimate of drug-likeness (QED) is 0.817. The van der Waals surface area contributed by atoms with Crippen LogP contribution in [0.5, 0.6) is 0 Å². The smallest absolute Gasteiger partial charge is 0.0695 e. The molecule has 0 aromatic carbocycles. The van der Waals surface area contributed by atoms with Crippen molar-refractivity contribution >= 4 is 0 Å². The van der Waals surface area contributed by atoms with Crippen molar-refractivity contribution in [1.29, 1.82) is 0 Å². The van der Waals surface area contributed by atoms with Crippen LogP contribution in [0, 0.1) is 5.92 Å². The average Bonchev–Trinajstić information content (AvgIpc) is 2.56. The molecule has 0 radical (unpaired) electrons. The molecular weight excluding hydrogens is 210 g/mol. The number of likely N-dealkylation sites (tertiary alicyclic amines) is 1. The molecule has 1 aliphatic carbocycles. The molecule has 0 spiro atoms. The highest BCUT2D eigenvalue weighted by Crippen LogP contribution is 2.27. The molecule has 1 saturated heterocycles. The SMILES string of the molecule is CC1CCCCCN1CC(O)C1CCCCC1. The van der Waals surface area contributed by atoms with Crippen LogP contribution in [-0.2, 0) is 0 Å². The lowest BCUT2D eigenvalue weighted by Crippen LogP contribution is -2.41. The number of β-amino-alcohol motifs (C(OH)–C–C–N with tert-alkyl or cyclic N) is 1. The summed E-state index contributed by atoms with van der Waals surface area (Å²) in [7, 11) is 0. The molecule has 1 saturated carbocycles. The third-order valence-electron chi connectivity index (χ3n) is 4.81. The molecule has 2 atom stereocenters. The molecular formula is C15H29NO. The fourth-order valence-corrected chi connectivity index (χ4v) is 3.51. The van der Waals surface area contributed by atoms with Crippen LogP contribution >= 0.6 is 0 Å². The van der Waals surface area contributed by atoms with Crippen LogP contribution in [0.1, 0.15) is 64.7 Å². The summed E-state index contributed by atoms with van der Waals surface area (Å²) in [4.78, 5) is 2.53. The Morgan fingerprint density at radius 1 is 1.00 bits per heavy atom. The van der Waals surface area contributed by atoms with Crippen LogP contribution in [0.4, 0.5) is 0 Å². The van der Waals surface area contributed by atoms with Crippen LogP contribution in [0.2, 0.25) is 0 Å². The van der Waals surface area contributed by atoms with Crippen LogP contribution in [0.3, 0.4) is 0 Å². The van der Waals surface area contributed by atoms with Crippen molar-refractivity contribution < 1.29 is 5.11 Å². The summed E-state index contributed by atoms with van der Waals surface area (Å²) in [5, 5.41) is 10.4. The molecule has 1 aliphatic heterocycles. The molecule has 1 N–H and O–H groups in total. The van der Waals surface area contributed by atoms with E-state index in [1.165, 1.54) is 64.3 Å². The Hall–Kier alpha value is -0.0800. The lowest BCUT2D eigenvalue weighted by atomic mass is 9.85. The summed E-state index contributed by atoms with van der Waals surface area (Å²) in [6, 6.07) is 0.677. The highest BCUT2D eigenvalue weighted by molar-refractivity contribution is 4.79. The minimum atomic E-state index is -0.0733. The fraction of sp³-hybridized carbons (Fsp3) is 1.00. The van der Waals surface area contributed by atoms with Gasteiger partial charge in [0, 0.05) is 12.6 Å². The largest absolute Gasteiger partial charge is 0.392 e. The Labute approximate surface area is 106 Å². The standard InChI is InChI=1S/C15H29NO/c1-13-8-4-3-7-11-16(13)12-15(17)14-9-5-2-6-10-14/h13-15,17H,2-12H2,1H3. The summed E-state index contributed by atoms with van der Waals surface area (Å²) in [5.41, 5.74) is 0. The van der Waals surface area contributed by atoms with Crippen LogP contribution in [-0.4, -0.2) is 35.2 Å². The van der Waals surface area contributed by atoms with Crippen molar-refractivity contribution in [2.24, 2.45) is 5.92 Å². The number of nitrogens with zero attached hydrogens (tertiary/aromatic N) is 1. The molecule has 17 heavy (non-hydrogen) atoms. The Morgan fingerprint density at radius 2 is 1.65 bits per heavy atom. The molecule has 0 aromatic heterocycles. The molecule has 2 nitrogen and oxygen atoms in total. The third-order valence-corrected chi connectivity index (χ3v) is 4.81. The van der Waals surface area contributed by atoms with Crippen molar-refractivity contribution in [1.82, 2.24) is 4.90 Å². The Kier molecular flexibility index (Phi) is 5.30. The van der Waals surface area contributed by atoms with Gasteiger partial charge >= 0.3 is 0 Å². The van der Waals surface area contributed by atoms with Gasteiger partial charge in [0.2, 0.25) is 0 Å². The van der Waals surface area contributed by atoms with Crippen molar-refractivity contribution in [3.63, 3.8) is 0 Å². The van der Waals surface area contributed by atoms with Crippen LogP contribution < -0.4 is 0 Å². The van der Waals surface area contributed by atoms with Gasteiger partial charge in [-0.3, -0.25) is 4.90 Å². The molecule has 2 fully saturated rings. The first kappa shape index (κ1) is 13.4. The van der Waals surface area contributed by atoms with E-state index in [2.05, 4.69) is 11.8 Å². The lowest BCUT2D eigenvalue weighted by Gasteiger charge is -2.33. The van der Waals surface area contributed by atoms with E-state index in [0.29, 0.717) is 12.0 Å². The van der Waals surface area contributed by atoms with Gasteiger partial charge in [-0.05, 0) is 45.1 Å². The summed E-state index contributed by atoms with van der Waals surface area (Å²) in [5.74, 6) is 0.583. The van der Waals surface area contributed by atoms with Crippen molar-refractivity contribution in [2.45, 2.75) is 76.9 Å². The maximum atomic E-state index is 10.4. The minimum absolute atomic E-state index is 0.0733. The first-order valence-electron chi connectivity index (χ1n) is 7.69. The molecule has 0 amide bonds. The molecule has 2 heteroatoms. The topological polar surface area (TPSA) is 23.5 Å². The van der Waals surface area contributed by atoms with Gasteiger partial charge in [0.15, 0.2) is 0 Å². The minimum Gasteiger partial charge on any atom is -0.392 e. The van der Waals surface area contributed by atoms with E-state index in [1.807, 2.05) is 0 Å². The van der Waals surface area contributed by atoms with Crippen molar-refractivity contribution in [2.75, 3.05) is 13.1 Å². The second kappa shape index (κ2) is 6.75. The predicted octanol–water partition coefficient (Wildman–Crippen LogP) is 3.19. The van der Waals surface area contributed by atoms with E-state index < -0.39 is 0 Å². The number of aliphatic hydroxyl groups excluding tert-OH is 1. The lowest BCUT2D eigenvalue weighted by molar-refractivity contribution is 0.0366. The molecule has 2 rings (SSSR count). The number of hydrogen-bond acceptors (Lipinski definition) is 2. The van der Waals surface area contributed by atoms with Crippen molar-refractivity contribution in [3.05, 3.63) is 0 Å². The Morgan fingerprint density at radius 3 is 2.41 bits per heavy atom. The van der Waals surface area contributed by atoms with Gasteiger partial charge in [-0.25, -0.2) is 0 Å². The van der Waals surface area contributed by atoms with E-state index in [0.717, 1.165) is 6.54 Å². The van der Waals surface area contributed by atoms with Crippen LogP contribution in [0.15, 0.2) is 0 Å². The zero-order valence-corrected chi connectivity index (χ0v) is 11.4. The van der Waals surface area contributed by atoms with E-state index in [4.69, 9.17) is 0 Å². The van der Waals surface area contributed by atoms with Crippen LogP contribution in [0.25, 0.3) is 0 Å². The van der Waals surface area contributed by atoms with Gasteiger partial charge in [-0.15, -0.1) is 0 Å². The summed E-state index contributed by atoms with van der Waals surface area (Å²) < 4.78 is 0. The van der Waals surface area contributed by atoms with E-state index >= 15 is 0 Å². The summed E-state index contributed by atoms with van der Waals surface area (Å²) in [6.45, 7) is 4.45. The predicted molar refractivity (Wildman–Crippen MR) is 72.1 cm³/mol. The maximum absolute atomic E-state index is 10.4. The summed E-state index contributed by atoms with van der Waals surface area (Å²) >= 11 is 0. The van der Waals surface area contributed by atoms with E-state index in [1.54, 1.807) is 0 Å². The first-order chi connectivity index (χ1) is 8.27. The van der Waals surface area contributed by atoms with E-state index in [9.17, 15) is 5.11 Å². The van der Waals surface area contributed by atoms with Gasteiger partial charge in [-0.2, -0.15) is 0 Å². The number of aliphatic hydroxyl groups is 1. The average molecular weight is 239 g/mol. The summed E-state index contributed by atoms with van der Waals surface area (Å²) in [6.07, 6.45) is 11.9. The second-order valence-electron chi connectivity index (χ2n) is 6.16. The van der Waals surface area contributed by atoms with Gasteiger partial charge in [0.05, 0.1) is 6.10 Å². The zero-order valence-electron chi connectivity index (χ0n) is 11.4. The number of rotatable bonds is 3. The number of hydrogen-bond donors (Lipinski definition) is 1. The normalized spacial score (nSPS) is 31.1. The molecule has 100 valence electrons. The monoisotopic (exact) mass is 239 g/mol. The Bertz CT molecular complexity index is 213. The second-order valence-corrected chi connectivity index (χ2v) is 6.16. The molecule has 0 aromatic rings.